The Kier molecular flexibility index (Phi) is 5.74. The number of nitrogens with zero attached hydrogens (tertiary/aromatic N) is 1. The highest BCUT2D eigenvalue weighted by atomic mass is 79.9. The minimum absolute atomic E-state index is 0.0869. The molecule has 7 heteroatoms. The van der Waals surface area contributed by atoms with Crippen LogP contribution in [0.2, 0.25) is 0 Å². The van der Waals surface area contributed by atoms with Crippen LogP contribution in [0.25, 0.3) is 0 Å². The fourth-order valence-corrected chi connectivity index (χ4v) is 4.75. The van der Waals surface area contributed by atoms with Crippen LogP contribution < -0.4 is 5.43 Å². The fourth-order valence-electron chi connectivity index (χ4n) is 2.49. The minimum atomic E-state index is -2.95. The second-order valence-corrected chi connectivity index (χ2v) is 8.57. The monoisotopic (exact) mass is 386 g/mol. The Morgan fingerprint density at radius 2 is 2.23 bits per heavy atom. The first-order valence-electron chi connectivity index (χ1n) is 7.21. The molecule has 0 radical (unpaired) electrons. The highest BCUT2D eigenvalue weighted by molar-refractivity contribution is 9.10. The summed E-state index contributed by atoms with van der Waals surface area (Å²) >= 11 is 3.41. The van der Waals surface area contributed by atoms with E-state index in [1.165, 1.54) is 0 Å². The first-order chi connectivity index (χ1) is 10.4. The lowest BCUT2D eigenvalue weighted by Crippen LogP contribution is -2.23. The number of rotatable bonds is 5. The molecule has 1 fully saturated rings. The highest BCUT2D eigenvalue weighted by Crippen LogP contribution is 2.21. The van der Waals surface area contributed by atoms with Crippen molar-refractivity contribution in [1.29, 1.82) is 0 Å². The third-order valence-electron chi connectivity index (χ3n) is 3.61. The molecule has 120 valence electrons. The molecule has 0 aliphatic carbocycles. The standard InChI is InChI=1S/C15H19BrN2O3S/c1-2-14(12-4-3-5-13(16)9-12)17-18-15(19)8-11-6-7-22(20,21)10-11/h3-5,9,11H,2,6-8,10H2,1H3,(H,18,19)/b17-14-/t11-/m0/s1. The molecule has 0 spiro atoms. The number of hydrogen-bond donors (Lipinski definition) is 1. The molecule has 1 aliphatic heterocycles. The maximum Gasteiger partial charge on any atom is 0.240 e. The second-order valence-electron chi connectivity index (χ2n) is 5.43. The average Bonchev–Trinajstić information content (AvgIpc) is 2.78. The van der Waals surface area contributed by atoms with Crippen LogP contribution in [0, 0.1) is 5.92 Å². The molecule has 1 aliphatic rings. The van der Waals surface area contributed by atoms with Gasteiger partial charge in [-0.1, -0.05) is 35.0 Å². The lowest BCUT2D eigenvalue weighted by atomic mass is 10.1. The van der Waals surface area contributed by atoms with Crippen LogP contribution in [0.5, 0.6) is 0 Å². The number of sulfone groups is 1. The van der Waals surface area contributed by atoms with Gasteiger partial charge < -0.3 is 0 Å². The molecule has 0 aromatic heterocycles. The zero-order valence-corrected chi connectivity index (χ0v) is 14.8. The molecule has 1 atom stereocenters. The summed E-state index contributed by atoms with van der Waals surface area (Å²) in [4.78, 5) is 11.9. The van der Waals surface area contributed by atoms with E-state index in [4.69, 9.17) is 0 Å². The van der Waals surface area contributed by atoms with Crippen molar-refractivity contribution in [3.63, 3.8) is 0 Å². The Morgan fingerprint density at radius 3 is 2.82 bits per heavy atom. The number of carbonyl (C=O) groups excluding carboxylic acids is 1. The van der Waals surface area contributed by atoms with Gasteiger partial charge in [0.2, 0.25) is 5.91 Å². The van der Waals surface area contributed by atoms with Gasteiger partial charge in [-0.05, 0) is 36.5 Å². The number of carbonyl (C=O) groups is 1. The molecule has 0 bridgehead atoms. The number of hydrazone groups is 1. The summed E-state index contributed by atoms with van der Waals surface area (Å²) in [6.45, 7) is 1.97. The Morgan fingerprint density at radius 1 is 1.45 bits per heavy atom. The number of halogens is 1. The van der Waals surface area contributed by atoms with Crippen molar-refractivity contribution in [3.05, 3.63) is 34.3 Å². The quantitative estimate of drug-likeness (QED) is 0.623. The van der Waals surface area contributed by atoms with E-state index in [2.05, 4.69) is 26.5 Å². The van der Waals surface area contributed by atoms with Crippen molar-refractivity contribution >= 4 is 37.4 Å². The molecule has 1 N–H and O–H groups in total. The Balaban J connectivity index is 1.96. The predicted molar refractivity (Wildman–Crippen MR) is 90.5 cm³/mol. The molecule has 22 heavy (non-hydrogen) atoms. The van der Waals surface area contributed by atoms with E-state index in [-0.39, 0.29) is 29.8 Å². The summed E-state index contributed by atoms with van der Waals surface area (Å²) in [7, 11) is -2.95. The van der Waals surface area contributed by atoms with E-state index >= 15 is 0 Å². The van der Waals surface area contributed by atoms with Gasteiger partial charge in [0, 0.05) is 10.9 Å². The van der Waals surface area contributed by atoms with Gasteiger partial charge in [0.05, 0.1) is 17.2 Å². The van der Waals surface area contributed by atoms with Gasteiger partial charge in [-0.15, -0.1) is 0 Å². The Labute approximate surface area is 139 Å². The normalized spacial score (nSPS) is 20.8. The third-order valence-corrected chi connectivity index (χ3v) is 5.94. The Hall–Kier alpha value is -1.21. The van der Waals surface area contributed by atoms with Crippen LogP contribution in [0.15, 0.2) is 33.8 Å². The van der Waals surface area contributed by atoms with Gasteiger partial charge in [-0.2, -0.15) is 5.10 Å². The van der Waals surface area contributed by atoms with Gasteiger partial charge >= 0.3 is 0 Å². The van der Waals surface area contributed by atoms with Crippen LogP contribution >= 0.6 is 15.9 Å². The van der Waals surface area contributed by atoms with Gasteiger partial charge in [0.25, 0.3) is 0 Å². The molecule has 1 saturated heterocycles. The molecule has 0 saturated carbocycles. The molecule has 1 amide bonds. The average molecular weight is 387 g/mol. The largest absolute Gasteiger partial charge is 0.273 e. The van der Waals surface area contributed by atoms with Crippen molar-refractivity contribution in [3.8, 4) is 0 Å². The maximum absolute atomic E-state index is 11.9. The van der Waals surface area contributed by atoms with Crippen LogP contribution in [-0.4, -0.2) is 31.5 Å². The van der Waals surface area contributed by atoms with Crippen molar-refractivity contribution in [2.75, 3.05) is 11.5 Å². The summed E-state index contributed by atoms with van der Waals surface area (Å²) in [6, 6.07) is 7.71. The van der Waals surface area contributed by atoms with E-state index in [0.717, 1.165) is 15.7 Å². The predicted octanol–water partition coefficient (Wildman–Crippen LogP) is 2.50. The number of nitrogens with one attached hydrogen (secondary N) is 1. The number of hydrogen-bond acceptors (Lipinski definition) is 4. The van der Waals surface area contributed by atoms with Crippen molar-refractivity contribution in [2.45, 2.75) is 26.2 Å². The summed E-state index contributed by atoms with van der Waals surface area (Å²) in [5.41, 5.74) is 4.28. The van der Waals surface area contributed by atoms with Crippen molar-refractivity contribution in [1.82, 2.24) is 5.43 Å². The second kappa shape index (κ2) is 7.37. The maximum atomic E-state index is 11.9. The molecule has 1 heterocycles. The SMILES string of the molecule is CC/C(=N/NC(=O)C[C@@H]1CCS(=O)(=O)C1)c1cccc(Br)c1. The minimum Gasteiger partial charge on any atom is -0.273 e. The van der Waals surface area contributed by atoms with E-state index in [1.54, 1.807) is 0 Å². The summed E-state index contributed by atoms with van der Waals surface area (Å²) in [5, 5.41) is 4.18. The molecule has 1 aromatic rings. The third kappa shape index (κ3) is 4.91. The summed E-state index contributed by atoms with van der Waals surface area (Å²) in [6.07, 6.45) is 1.46. The first-order valence-corrected chi connectivity index (χ1v) is 9.83. The van der Waals surface area contributed by atoms with E-state index in [9.17, 15) is 13.2 Å². The lowest BCUT2D eigenvalue weighted by molar-refractivity contribution is -0.121. The van der Waals surface area contributed by atoms with E-state index in [0.29, 0.717) is 12.8 Å². The van der Waals surface area contributed by atoms with Gasteiger partial charge in [-0.25, -0.2) is 13.8 Å². The molecular formula is C15H19BrN2O3S. The molecule has 1 aromatic carbocycles. The number of benzene rings is 1. The first kappa shape index (κ1) is 17.1. The van der Waals surface area contributed by atoms with Crippen LogP contribution in [0.3, 0.4) is 0 Å². The zero-order valence-electron chi connectivity index (χ0n) is 12.4. The highest BCUT2D eigenvalue weighted by Gasteiger charge is 2.29. The molecular weight excluding hydrogens is 368 g/mol. The smallest absolute Gasteiger partial charge is 0.240 e. The topological polar surface area (TPSA) is 75.6 Å². The van der Waals surface area contributed by atoms with Crippen molar-refractivity contribution < 1.29 is 13.2 Å². The van der Waals surface area contributed by atoms with Crippen LogP contribution in [-0.2, 0) is 14.6 Å². The molecule has 0 unspecified atom stereocenters. The van der Waals surface area contributed by atoms with E-state index < -0.39 is 9.84 Å². The van der Waals surface area contributed by atoms with Gasteiger partial charge in [-0.3, -0.25) is 4.79 Å². The number of amides is 1. The van der Waals surface area contributed by atoms with Gasteiger partial charge in [0.15, 0.2) is 9.84 Å². The fraction of sp³-hybridized carbons (Fsp3) is 0.467. The molecule has 2 rings (SSSR count). The Bertz CT molecular complexity index is 686. The van der Waals surface area contributed by atoms with Crippen molar-refractivity contribution in [2.24, 2.45) is 11.0 Å². The van der Waals surface area contributed by atoms with E-state index in [1.807, 2.05) is 31.2 Å². The van der Waals surface area contributed by atoms with Gasteiger partial charge in [0.1, 0.15) is 0 Å². The lowest BCUT2D eigenvalue weighted by Gasteiger charge is -2.08. The molecule has 5 nitrogen and oxygen atoms in total. The summed E-state index contributed by atoms with van der Waals surface area (Å²) in [5.74, 6) is -0.0257. The van der Waals surface area contributed by atoms with Crippen LogP contribution in [0.4, 0.5) is 0 Å². The summed E-state index contributed by atoms with van der Waals surface area (Å²) < 4.78 is 23.7. The van der Waals surface area contributed by atoms with Crippen LogP contribution in [0.1, 0.15) is 31.7 Å². The zero-order chi connectivity index (χ0) is 16.2.